The number of para-hydroxylation sites is 1. The van der Waals surface area contributed by atoms with Gasteiger partial charge in [0.15, 0.2) is 0 Å². The molecule has 0 spiro atoms. The number of nitrogens with one attached hydrogen (secondary N) is 1. The van der Waals surface area contributed by atoms with Crippen molar-refractivity contribution in [2.75, 3.05) is 6.61 Å². The number of hydrogen-bond acceptors (Lipinski definition) is 3. The normalized spacial score (nSPS) is 11.3. The van der Waals surface area contributed by atoms with Crippen LogP contribution < -0.4 is 4.74 Å². The summed E-state index contributed by atoms with van der Waals surface area (Å²) in [7, 11) is 0. The zero-order valence-electron chi connectivity index (χ0n) is 13.5. The van der Waals surface area contributed by atoms with E-state index in [4.69, 9.17) is 4.74 Å². The topological polar surface area (TPSA) is 65.9 Å². The maximum atomic E-state index is 13.3. The van der Waals surface area contributed by atoms with E-state index < -0.39 is 11.6 Å². The number of ketones is 1. The molecule has 4 nitrogen and oxygen atoms in total. The van der Waals surface area contributed by atoms with Crippen LogP contribution >= 0.6 is 0 Å². The van der Waals surface area contributed by atoms with E-state index in [-0.39, 0.29) is 5.57 Å². The lowest BCUT2D eigenvalue weighted by Crippen LogP contribution is -2.02. The maximum absolute atomic E-state index is 13.3. The van der Waals surface area contributed by atoms with Crippen LogP contribution in [0.5, 0.6) is 5.75 Å². The smallest absolute Gasteiger partial charge is 0.205 e. The molecule has 5 heteroatoms. The summed E-state index contributed by atoms with van der Waals surface area (Å²) < 4.78 is 18.8. The minimum atomic E-state index is -0.424. The molecule has 0 saturated carbocycles. The monoisotopic (exact) mass is 334 g/mol. The molecule has 3 rings (SSSR count). The number of rotatable bonds is 5. The third-order valence-corrected chi connectivity index (χ3v) is 3.77. The first-order valence-electron chi connectivity index (χ1n) is 7.79. The summed E-state index contributed by atoms with van der Waals surface area (Å²) >= 11 is 0. The van der Waals surface area contributed by atoms with Crippen LogP contribution in [0.25, 0.3) is 17.0 Å². The van der Waals surface area contributed by atoms with Gasteiger partial charge in [0, 0.05) is 28.2 Å². The highest BCUT2D eigenvalue weighted by Gasteiger charge is 2.17. The minimum absolute atomic E-state index is 0.0163. The van der Waals surface area contributed by atoms with Crippen LogP contribution in [0.2, 0.25) is 0 Å². The fourth-order valence-corrected chi connectivity index (χ4v) is 2.62. The number of hydrogen-bond donors (Lipinski definition) is 1. The van der Waals surface area contributed by atoms with E-state index in [0.29, 0.717) is 34.4 Å². The number of aromatic amines is 1. The molecule has 0 radical (unpaired) electrons. The van der Waals surface area contributed by atoms with Crippen LogP contribution in [0.1, 0.15) is 22.8 Å². The molecule has 1 N–H and O–H groups in total. The number of halogens is 1. The van der Waals surface area contributed by atoms with Crippen molar-refractivity contribution in [2.45, 2.75) is 6.92 Å². The standard InChI is InChI=1S/C20H15FN2O2/c1-2-25-19-6-4-3-5-13(19)9-14(11-22)20(24)17-12-23-18-10-15(21)7-8-16(17)18/h3-10,12,23H,2H2,1H3/b14-9+. The molecule has 0 fully saturated rings. The first kappa shape index (κ1) is 16.5. The number of nitrogens with zero attached hydrogens (tertiary/aromatic N) is 1. The van der Waals surface area contributed by atoms with Gasteiger partial charge in [-0.2, -0.15) is 5.26 Å². The largest absolute Gasteiger partial charge is 0.493 e. The van der Waals surface area contributed by atoms with Crippen molar-refractivity contribution in [1.82, 2.24) is 4.98 Å². The Labute approximate surface area is 144 Å². The van der Waals surface area contributed by atoms with Crippen molar-refractivity contribution in [3.05, 3.63) is 71.2 Å². The van der Waals surface area contributed by atoms with Crippen molar-refractivity contribution in [3.63, 3.8) is 0 Å². The number of Topliss-reactive ketones (excluding diaryl/α,β-unsaturated/α-hetero) is 1. The number of nitriles is 1. The molecule has 2 aromatic carbocycles. The highest BCUT2D eigenvalue weighted by atomic mass is 19.1. The lowest BCUT2D eigenvalue weighted by Gasteiger charge is -2.07. The van der Waals surface area contributed by atoms with Crippen LogP contribution in [-0.2, 0) is 0 Å². The predicted molar refractivity (Wildman–Crippen MR) is 93.8 cm³/mol. The molecule has 25 heavy (non-hydrogen) atoms. The van der Waals surface area contributed by atoms with Gasteiger partial charge >= 0.3 is 0 Å². The molecule has 124 valence electrons. The molecule has 0 amide bonds. The Bertz CT molecular complexity index is 1010. The second-order valence-corrected chi connectivity index (χ2v) is 5.36. The summed E-state index contributed by atoms with van der Waals surface area (Å²) in [6.07, 6.45) is 3.00. The quantitative estimate of drug-likeness (QED) is 0.424. The van der Waals surface area contributed by atoms with E-state index in [1.807, 2.05) is 25.1 Å². The van der Waals surface area contributed by atoms with Gasteiger partial charge in [-0.25, -0.2) is 4.39 Å². The summed E-state index contributed by atoms with van der Waals surface area (Å²) in [4.78, 5) is 15.6. The van der Waals surface area contributed by atoms with Gasteiger partial charge in [-0.05, 0) is 37.3 Å². The molecule has 0 atom stereocenters. The fraction of sp³-hybridized carbons (Fsp3) is 0.100. The van der Waals surface area contributed by atoms with Gasteiger partial charge in [-0.1, -0.05) is 18.2 Å². The molecule has 1 heterocycles. The predicted octanol–water partition coefficient (Wildman–Crippen LogP) is 4.50. The number of aromatic nitrogens is 1. The van der Waals surface area contributed by atoms with Crippen LogP contribution in [-0.4, -0.2) is 17.4 Å². The molecule has 3 aromatic rings. The number of carbonyl (C=O) groups excluding carboxylic acids is 1. The van der Waals surface area contributed by atoms with Gasteiger partial charge in [-0.15, -0.1) is 0 Å². The summed E-state index contributed by atoms with van der Waals surface area (Å²) in [6, 6.07) is 13.3. The van der Waals surface area contributed by atoms with Crippen LogP contribution in [0, 0.1) is 17.1 Å². The van der Waals surface area contributed by atoms with Crippen molar-refractivity contribution < 1.29 is 13.9 Å². The van der Waals surface area contributed by atoms with Crippen LogP contribution in [0.15, 0.2) is 54.2 Å². The van der Waals surface area contributed by atoms with E-state index in [2.05, 4.69) is 4.98 Å². The average molecular weight is 334 g/mol. The fourth-order valence-electron chi connectivity index (χ4n) is 2.62. The lowest BCUT2D eigenvalue weighted by atomic mass is 10.0. The number of benzene rings is 2. The SMILES string of the molecule is CCOc1ccccc1/C=C(\C#N)C(=O)c1c[nH]c2cc(F)ccc12. The molecular weight excluding hydrogens is 319 g/mol. The maximum Gasteiger partial charge on any atom is 0.205 e. The number of ether oxygens (including phenoxy) is 1. The Morgan fingerprint density at radius 3 is 2.88 bits per heavy atom. The van der Waals surface area contributed by atoms with E-state index in [1.54, 1.807) is 12.1 Å². The molecule has 0 saturated heterocycles. The number of allylic oxidation sites excluding steroid dienone is 1. The molecule has 0 aliphatic rings. The third-order valence-electron chi connectivity index (χ3n) is 3.77. The Hall–Kier alpha value is -3.39. The summed E-state index contributed by atoms with van der Waals surface area (Å²) in [5.74, 6) is -0.215. The van der Waals surface area contributed by atoms with Gasteiger partial charge in [0.25, 0.3) is 0 Å². The Morgan fingerprint density at radius 2 is 2.12 bits per heavy atom. The Kier molecular flexibility index (Phi) is 4.62. The Morgan fingerprint density at radius 1 is 1.32 bits per heavy atom. The van der Waals surface area contributed by atoms with Crippen molar-refractivity contribution >= 4 is 22.8 Å². The van der Waals surface area contributed by atoms with E-state index in [9.17, 15) is 14.4 Å². The zero-order valence-corrected chi connectivity index (χ0v) is 13.5. The average Bonchev–Trinajstić information content (AvgIpc) is 3.03. The van der Waals surface area contributed by atoms with Crippen molar-refractivity contribution in [2.24, 2.45) is 0 Å². The summed E-state index contributed by atoms with van der Waals surface area (Å²) in [5, 5.41) is 10.0. The number of carbonyl (C=O) groups is 1. The second-order valence-electron chi connectivity index (χ2n) is 5.36. The molecule has 0 aliphatic heterocycles. The molecule has 1 aromatic heterocycles. The van der Waals surface area contributed by atoms with Gasteiger partial charge in [0.05, 0.1) is 6.61 Å². The van der Waals surface area contributed by atoms with Crippen molar-refractivity contribution in [1.29, 1.82) is 5.26 Å². The lowest BCUT2D eigenvalue weighted by molar-refractivity contribution is 0.104. The van der Waals surface area contributed by atoms with Gasteiger partial charge in [0.2, 0.25) is 5.78 Å². The van der Waals surface area contributed by atoms with Crippen LogP contribution in [0.4, 0.5) is 4.39 Å². The molecule has 0 unspecified atom stereocenters. The molecule has 0 bridgehead atoms. The highest BCUT2D eigenvalue weighted by molar-refractivity contribution is 6.19. The Balaban J connectivity index is 2.03. The van der Waals surface area contributed by atoms with Crippen LogP contribution in [0.3, 0.4) is 0 Å². The van der Waals surface area contributed by atoms with Gasteiger partial charge < -0.3 is 9.72 Å². The molecule has 0 aliphatic carbocycles. The highest BCUT2D eigenvalue weighted by Crippen LogP contribution is 2.25. The number of fused-ring (bicyclic) bond motifs is 1. The van der Waals surface area contributed by atoms with E-state index in [0.717, 1.165) is 0 Å². The second kappa shape index (κ2) is 7.02. The van der Waals surface area contributed by atoms with Gasteiger partial charge in [-0.3, -0.25) is 4.79 Å². The molecular formula is C20H15FN2O2. The first-order valence-corrected chi connectivity index (χ1v) is 7.79. The number of H-pyrrole nitrogens is 1. The zero-order chi connectivity index (χ0) is 17.8. The van der Waals surface area contributed by atoms with E-state index >= 15 is 0 Å². The summed E-state index contributed by atoms with van der Waals surface area (Å²) in [5.41, 5.74) is 1.48. The summed E-state index contributed by atoms with van der Waals surface area (Å²) in [6.45, 7) is 2.34. The van der Waals surface area contributed by atoms with Crippen molar-refractivity contribution in [3.8, 4) is 11.8 Å². The first-order chi connectivity index (χ1) is 12.1. The van der Waals surface area contributed by atoms with Gasteiger partial charge in [0.1, 0.15) is 23.2 Å². The third kappa shape index (κ3) is 3.29. The minimum Gasteiger partial charge on any atom is -0.493 e. The van der Waals surface area contributed by atoms with E-state index in [1.165, 1.54) is 30.5 Å².